The zero-order valence-electron chi connectivity index (χ0n) is 9.99. The summed E-state index contributed by atoms with van der Waals surface area (Å²) in [6, 6.07) is 0. The standard InChI is InChI=1S/C11H16ClN3O2/c1-3-15-10(16)9(12)8(6-13-15)14-11(2)4-5-17-7-11/h6,14H,3-5,7H2,1-2H3. The van der Waals surface area contributed by atoms with Crippen molar-refractivity contribution in [2.45, 2.75) is 32.4 Å². The average Bonchev–Trinajstić information content (AvgIpc) is 2.72. The molecule has 5 nitrogen and oxygen atoms in total. The van der Waals surface area contributed by atoms with Crippen LogP contribution < -0.4 is 10.9 Å². The molecule has 1 aromatic heterocycles. The van der Waals surface area contributed by atoms with E-state index in [1.807, 2.05) is 13.8 Å². The van der Waals surface area contributed by atoms with Crippen LogP contribution in [0.2, 0.25) is 5.02 Å². The molecule has 1 aliphatic heterocycles. The van der Waals surface area contributed by atoms with E-state index in [0.29, 0.717) is 18.8 Å². The molecule has 0 spiro atoms. The fraction of sp³-hybridized carbons (Fsp3) is 0.636. The predicted octanol–water partition coefficient (Wildman–Crippen LogP) is 1.51. The number of anilines is 1. The Bertz CT molecular complexity index is 466. The fourth-order valence-corrected chi connectivity index (χ4v) is 2.06. The topological polar surface area (TPSA) is 56.1 Å². The Morgan fingerprint density at radius 1 is 1.71 bits per heavy atom. The van der Waals surface area contributed by atoms with E-state index in [1.165, 1.54) is 4.68 Å². The third-order valence-corrected chi connectivity index (χ3v) is 3.30. The minimum absolute atomic E-state index is 0.170. The van der Waals surface area contributed by atoms with Crippen molar-refractivity contribution < 1.29 is 4.74 Å². The van der Waals surface area contributed by atoms with Crippen LogP contribution in [0.25, 0.3) is 0 Å². The first-order valence-electron chi connectivity index (χ1n) is 5.67. The summed E-state index contributed by atoms with van der Waals surface area (Å²) in [6.45, 7) is 5.74. The summed E-state index contributed by atoms with van der Waals surface area (Å²) in [5.41, 5.74) is 0.145. The first kappa shape index (κ1) is 12.4. The van der Waals surface area contributed by atoms with Crippen molar-refractivity contribution in [1.29, 1.82) is 0 Å². The van der Waals surface area contributed by atoms with Gasteiger partial charge in [0.2, 0.25) is 0 Å². The number of hydrogen-bond donors (Lipinski definition) is 1. The summed E-state index contributed by atoms with van der Waals surface area (Å²) in [5.74, 6) is 0. The Kier molecular flexibility index (Phi) is 3.40. The third kappa shape index (κ3) is 2.45. The molecular weight excluding hydrogens is 242 g/mol. The summed E-state index contributed by atoms with van der Waals surface area (Å²) in [4.78, 5) is 11.8. The van der Waals surface area contributed by atoms with Crippen molar-refractivity contribution in [3.63, 3.8) is 0 Å². The van der Waals surface area contributed by atoms with Crippen LogP contribution in [-0.2, 0) is 11.3 Å². The van der Waals surface area contributed by atoms with Crippen LogP contribution in [0, 0.1) is 0 Å². The molecule has 94 valence electrons. The summed E-state index contributed by atoms with van der Waals surface area (Å²) < 4.78 is 6.67. The summed E-state index contributed by atoms with van der Waals surface area (Å²) in [6.07, 6.45) is 2.48. The average molecular weight is 258 g/mol. The minimum atomic E-state index is -0.262. The molecule has 6 heteroatoms. The number of hydrogen-bond acceptors (Lipinski definition) is 4. The Hall–Kier alpha value is -1.07. The second kappa shape index (κ2) is 4.66. The number of ether oxygens (including phenoxy) is 1. The van der Waals surface area contributed by atoms with Gasteiger partial charge in [-0.1, -0.05) is 11.6 Å². The molecule has 0 amide bonds. The van der Waals surface area contributed by atoms with E-state index in [2.05, 4.69) is 10.4 Å². The SMILES string of the molecule is CCn1ncc(NC2(C)CCOC2)c(Cl)c1=O. The van der Waals surface area contributed by atoms with Gasteiger partial charge in [-0.3, -0.25) is 4.79 Å². The van der Waals surface area contributed by atoms with Crippen LogP contribution in [0.15, 0.2) is 11.0 Å². The van der Waals surface area contributed by atoms with E-state index in [9.17, 15) is 4.79 Å². The van der Waals surface area contributed by atoms with Crippen LogP contribution in [0.1, 0.15) is 20.3 Å². The van der Waals surface area contributed by atoms with Crippen LogP contribution >= 0.6 is 11.6 Å². The van der Waals surface area contributed by atoms with Crippen molar-refractivity contribution in [1.82, 2.24) is 9.78 Å². The lowest BCUT2D eigenvalue weighted by atomic mass is 10.0. The molecule has 0 saturated carbocycles. The Balaban J connectivity index is 2.28. The number of aryl methyl sites for hydroxylation is 1. The number of halogens is 1. The van der Waals surface area contributed by atoms with Crippen molar-refractivity contribution in [2.75, 3.05) is 18.5 Å². The quantitative estimate of drug-likeness (QED) is 0.892. The highest BCUT2D eigenvalue weighted by atomic mass is 35.5. The van der Waals surface area contributed by atoms with Gasteiger partial charge in [-0.05, 0) is 20.3 Å². The van der Waals surface area contributed by atoms with E-state index in [0.717, 1.165) is 13.0 Å². The lowest BCUT2D eigenvalue weighted by Gasteiger charge is -2.25. The molecule has 1 saturated heterocycles. The monoisotopic (exact) mass is 257 g/mol. The van der Waals surface area contributed by atoms with Gasteiger partial charge < -0.3 is 10.1 Å². The third-order valence-electron chi connectivity index (χ3n) is 2.94. The molecule has 1 unspecified atom stereocenters. The van der Waals surface area contributed by atoms with E-state index < -0.39 is 0 Å². The fourth-order valence-electron chi connectivity index (χ4n) is 1.87. The second-order valence-corrected chi connectivity index (χ2v) is 4.86. The van der Waals surface area contributed by atoms with E-state index in [4.69, 9.17) is 16.3 Å². The van der Waals surface area contributed by atoms with Gasteiger partial charge in [0.25, 0.3) is 5.56 Å². The molecule has 2 heterocycles. The van der Waals surface area contributed by atoms with Gasteiger partial charge >= 0.3 is 0 Å². The van der Waals surface area contributed by atoms with Crippen molar-refractivity contribution in [2.24, 2.45) is 0 Å². The Morgan fingerprint density at radius 3 is 3.06 bits per heavy atom. The van der Waals surface area contributed by atoms with Crippen LogP contribution in [0.3, 0.4) is 0 Å². The van der Waals surface area contributed by atoms with Gasteiger partial charge in [0.1, 0.15) is 5.02 Å². The molecule has 1 aromatic rings. The van der Waals surface area contributed by atoms with Crippen molar-refractivity contribution in [3.8, 4) is 0 Å². The van der Waals surface area contributed by atoms with Gasteiger partial charge in [0.15, 0.2) is 0 Å². The van der Waals surface area contributed by atoms with Gasteiger partial charge in [-0.25, -0.2) is 4.68 Å². The molecule has 1 aliphatic rings. The molecule has 17 heavy (non-hydrogen) atoms. The summed E-state index contributed by atoms with van der Waals surface area (Å²) >= 11 is 6.04. The van der Waals surface area contributed by atoms with Crippen molar-refractivity contribution in [3.05, 3.63) is 21.6 Å². The summed E-state index contributed by atoms with van der Waals surface area (Å²) in [7, 11) is 0. The maximum absolute atomic E-state index is 11.8. The van der Waals surface area contributed by atoms with E-state index >= 15 is 0 Å². The van der Waals surface area contributed by atoms with Gasteiger partial charge in [-0.2, -0.15) is 5.10 Å². The maximum atomic E-state index is 11.8. The second-order valence-electron chi connectivity index (χ2n) is 4.48. The first-order chi connectivity index (χ1) is 8.06. The lowest BCUT2D eigenvalue weighted by Crippen LogP contribution is -2.36. The van der Waals surface area contributed by atoms with Crippen LogP contribution in [0.4, 0.5) is 5.69 Å². The van der Waals surface area contributed by atoms with E-state index in [1.54, 1.807) is 6.20 Å². The minimum Gasteiger partial charge on any atom is -0.379 e. The van der Waals surface area contributed by atoms with Crippen molar-refractivity contribution >= 4 is 17.3 Å². The number of aromatic nitrogens is 2. The molecule has 0 bridgehead atoms. The molecular formula is C11H16ClN3O2. The first-order valence-corrected chi connectivity index (χ1v) is 6.05. The molecule has 1 atom stereocenters. The summed E-state index contributed by atoms with van der Waals surface area (Å²) in [5, 5.41) is 7.48. The molecule has 1 N–H and O–H groups in total. The highest BCUT2D eigenvalue weighted by Gasteiger charge is 2.30. The smallest absolute Gasteiger partial charge is 0.287 e. The zero-order valence-corrected chi connectivity index (χ0v) is 10.8. The normalized spacial score (nSPS) is 23.9. The van der Waals surface area contributed by atoms with Crippen LogP contribution in [0.5, 0.6) is 0 Å². The van der Waals surface area contributed by atoms with Crippen LogP contribution in [-0.4, -0.2) is 28.5 Å². The number of nitrogens with one attached hydrogen (secondary N) is 1. The number of rotatable bonds is 3. The largest absolute Gasteiger partial charge is 0.379 e. The molecule has 0 radical (unpaired) electrons. The van der Waals surface area contributed by atoms with Gasteiger partial charge in [0.05, 0.1) is 24.0 Å². The van der Waals surface area contributed by atoms with Gasteiger partial charge in [-0.15, -0.1) is 0 Å². The Morgan fingerprint density at radius 2 is 2.47 bits per heavy atom. The molecule has 0 aliphatic carbocycles. The maximum Gasteiger partial charge on any atom is 0.287 e. The molecule has 2 rings (SSSR count). The lowest BCUT2D eigenvalue weighted by molar-refractivity contribution is 0.185. The number of nitrogens with zero attached hydrogens (tertiary/aromatic N) is 2. The molecule has 1 fully saturated rings. The highest BCUT2D eigenvalue weighted by molar-refractivity contribution is 6.32. The predicted molar refractivity (Wildman–Crippen MR) is 66.6 cm³/mol. The van der Waals surface area contributed by atoms with Gasteiger partial charge in [0, 0.05) is 13.2 Å². The van der Waals surface area contributed by atoms with E-state index in [-0.39, 0.29) is 16.1 Å². The Labute approximate surface area is 105 Å². The molecule has 0 aromatic carbocycles. The zero-order chi connectivity index (χ0) is 12.5. The highest BCUT2D eigenvalue weighted by Crippen LogP contribution is 2.26.